The summed E-state index contributed by atoms with van der Waals surface area (Å²) >= 11 is 0. The quantitative estimate of drug-likeness (QED) is 0.164. The molecule has 47 heavy (non-hydrogen) atoms. The molecule has 4 N–H and O–H groups in total. The van der Waals surface area contributed by atoms with Gasteiger partial charge in [0.05, 0.1) is 18.7 Å². The highest BCUT2D eigenvalue weighted by molar-refractivity contribution is 6.38. The van der Waals surface area contributed by atoms with E-state index >= 15 is 0 Å². The Balaban J connectivity index is 1.90. The molecule has 266 valence electrons. The summed E-state index contributed by atoms with van der Waals surface area (Å²) in [5, 5.41) is 10.5. The van der Waals surface area contributed by atoms with Gasteiger partial charge in [0, 0.05) is 26.6 Å². The summed E-state index contributed by atoms with van der Waals surface area (Å²) in [5.74, 6) is -4.02. The lowest BCUT2D eigenvalue weighted by molar-refractivity contribution is -0.148. The van der Waals surface area contributed by atoms with Crippen molar-refractivity contribution < 1.29 is 41.9 Å². The SMILES string of the molecule is C=CCNC(=O)C(=O)C(CCC(F)(F)F)NC(=O)C1[C@@H]2C(CN1C(=O)C(NC(=O)NC(COC)C(C)(C)C)C1(C)CCCC1)C2(C)C. The van der Waals surface area contributed by atoms with Gasteiger partial charge in [-0.05, 0) is 47.3 Å². The van der Waals surface area contributed by atoms with Gasteiger partial charge in [-0.3, -0.25) is 19.2 Å². The maximum Gasteiger partial charge on any atom is 0.389 e. The molecule has 2 aliphatic carbocycles. The average molecular weight is 672 g/mol. The third kappa shape index (κ3) is 9.05. The molecule has 3 aliphatic rings. The first-order chi connectivity index (χ1) is 21.7. The first-order valence-electron chi connectivity index (χ1n) is 16.3. The molecule has 14 heteroatoms. The molecule has 0 aromatic rings. The van der Waals surface area contributed by atoms with Crippen LogP contribution in [-0.4, -0.2) is 91.6 Å². The van der Waals surface area contributed by atoms with Crippen LogP contribution in [0.4, 0.5) is 18.0 Å². The van der Waals surface area contributed by atoms with E-state index in [0.29, 0.717) is 12.8 Å². The number of alkyl halides is 3. The second kappa shape index (κ2) is 14.5. The second-order valence-corrected chi connectivity index (χ2v) is 15.3. The van der Waals surface area contributed by atoms with Gasteiger partial charge in [0.15, 0.2) is 0 Å². The van der Waals surface area contributed by atoms with Crippen molar-refractivity contribution in [1.29, 1.82) is 0 Å². The smallest absolute Gasteiger partial charge is 0.383 e. The summed E-state index contributed by atoms with van der Waals surface area (Å²) < 4.78 is 44.9. The van der Waals surface area contributed by atoms with Crippen LogP contribution in [0.2, 0.25) is 0 Å². The molecule has 5 amide bonds. The molecule has 11 nitrogen and oxygen atoms in total. The minimum absolute atomic E-state index is 0.0692. The van der Waals surface area contributed by atoms with Crippen molar-refractivity contribution in [3.8, 4) is 0 Å². The number of ketones is 1. The lowest BCUT2D eigenvalue weighted by Crippen LogP contribution is -2.63. The van der Waals surface area contributed by atoms with Crippen LogP contribution in [0.3, 0.4) is 0 Å². The average Bonchev–Trinajstić information content (AvgIpc) is 3.34. The first kappa shape index (κ1) is 38.3. The van der Waals surface area contributed by atoms with E-state index < -0.39 is 72.1 Å². The Morgan fingerprint density at radius 1 is 1.02 bits per heavy atom. The molecule has 0 bridgehead atoms. The predicted octanol–water partition coefficient (Wildman–Crippen LogP) is 3.48. The summed E-state index contributed by atoms with van der Waals surface area (Å²) in [5.41, 5.74) is -1.30. The van der Waals surface area contributed by atoms with Gasteiger partial charge in [0.1, 0.15) is 12.1 Å². The Kier molecular flexibility index (Phi) is 11.8. The van der Waals surface area contributed by atoms with Crippen molar-refractivity contribution in [2.75, 3.05) is 26.8 Å². The number of nitrogens with one attached hydrogen (secondary N) is 4. The zero-order valence-corrected chi connectivity index (χ0v) is 28.6. The van der Waals surface area contributed by atoms with Crippen molar-refractivity contribution >= 4 is 29.5 Å². The van der Waals surface area contributed by atoms with E-state index in [-0.39, 0.29) is 48.4 Å². The lowest BCUT2D eigenvalue weighted by Gasteiger charge is -2.40. The number of piperidine rings is 1. The predicted molar refractivity (Wildman–Crippen MR) is 169 cm³/mol. The van der Waals surface area contributed by atoms with Crippen LogP contribution in [0.25, 0.3) is 0 Å². The molecule has 0 radical (unpaired) electrons. The number of ether oxygens (including phenoxy) is 1. The van der Waals surface area contributed by atoms with Crippen LogP contribution >= 0.6 is 0 Å². The number of halogens is 3. The summed E-state index contributed by atoms with van der Waals surface area (Å²) in [6.07, 6.45) is -2.52. The number of nitrogens with zero attached hydrogens (tertiary/aromatic N) is 1. The number of fused-ring (bicyclic) bond motifs is 1. The van der Waals surface area contributed by atoms with E-state index in [2.05, 4.69) is 27.8 Å². The molecule has 5 unspecified atom stereocenters. The Morgan fingerprint density at radius 2 is 1.64 bits per heavy atom. The van der Waals surface area contributed by atoms with Crippen LogP contribution in [0.1, 0.15) is 80.1 Å². The lowest BCUT2D eigenvalue weighted by atomic mass is 9.79. The summed E-state index contributed by atoms with van der Waals surface area (Å²) in [6.45, 7) is 15.5. The number of urea groups is 1. The zero-order valence-electron chi connectivity index (χ0n) is 28.6. The molecule has 6 atom stereocenters. The number of hydrogen-bond donors (Lipinski definition) is 4. The molecular weight excluding hydrogens is 619 g/mol. The summed E-state index contributed by atoms with van der Waals surface area (Å²) in [4.78, 5) is 68.6. The third-order valence-electron chi connectivity index (χ3n) is 10.4. The number of methoxy groups -OCH3 is 1. The van der Waals surface area contributed by atoms with Crippen molar-refractivity contribution in [2.24, 2.45) is 28.1 Å². The normalized spacial score (nSPS) is 24.7. The number of carbonyl (C=O) groups excluding carboxylic acids is 5. The zero-order chi connectivity index (χ0) is 35.5. The van der Waals surface area contributed by atoms with Crippen molar-refractivity contribution in [2.45, 2.75) is 110 Å². The maximum absolute atomic E-state index is 14.5. The molecule has 1 aliphatic heterocycles. The Hall–Kier alpha value is -3.16. The van der Waals surface area contributed by atoms with Crippen LogP contribution in [-0.2, 0) is 23.9 Å². The monoisotopic (exact) mass is 671 g/mol. The molecule has 0 aromatic heterocycles. The molecule has 3 rings (SSSR count). The van der Waals surface area contributed by atoms with E-state index in [1.165, 1.54) is 18.1 Å². The fraction of sp³-hybridized carbons (Fsp3) is 0.788. The number of amides is 5. The highest BCUT2D eigenvalue weighted by Crippen LogP contribution is 2.65. The van der Waals surface area contributed by atoms with Gasteiger partial charge in [-0.1, -0.05) is 60.5 Å². The second-order valence-electron chi connectivity index (χ2n) is 15.3. The van der Waals surface area contributed by atoms with E-state index in [0.717, 1.165) is 12.8 Å². The fourth-order valence-electron chi connectivity index (χ4n) is 7.23. The summed E-state index contributed by atoms with van der Waals surface area (Å²) in [6, 6.07) is -4.77. The molecule has 1 heterocycles. The van der Waals surface area contributed by atoms with Crippen LogP contribution < -0.4 is 21.3 Å². The van der Waals surface area contributed by atoms with E-state index in [9.17, 15) is 37.1 Å². The van der Waals surface area contributed by atoms with Gasteiger partial charge in [0.2, 0.25) is 17.6 Å². The van der Waals surface area contributed by atoms with Crippen molar-refractivity contribution in [1.82, 2.24) is 26.2 Å². The van der Waals surface area contributed by atoms with E-state index in [4.69, 9.17) is 4.74 Å². The molecule has 2 saturated carbocycles. The van der Waals surface area contributed by atoms with Crippen LogP contribution in [0, 0.1) is 28.1 Å². The van der Waals surface area contributed by atoms with Crippen molar-refractivity contribution in [3.63, 3.8) is 0 Å². The van der Waals surface area contributed by atoms with Gasteiger partial charge in [0.25, 0.3) is 5.91 Å². The molecule has 1 saturated heterocycles. The number of hydrogen-bond acceptors (Lipinski definition) is 6. The molecule has 0 aromatic carbocycles. The van der Waals surface area contributed by atoms with Gasteiger partial charge in [-0.15, -0.1) is 6.58 Å². The van der Waals surface area contributed by atoms with Gasteiger partial charge < -0.3 is 30.9 Å². The van der Waals surface area contributed by atoms with Gasteiger partial charge in [-0.2, -0.15) is 13.2 Å². The topological polar surface area (TPSA) is 146 Å². The number of carbonyl (C=O) groups is 5. The largest absolute Gasteiger partial charge is 0.389 e. The van der Waals surface area contributed by atoms with Crippen molar-refractivity contribution in [3.05, 3.63) is 12.7 Å². The molecule has 3 fully saturated rings. The number of likely N-dealkylation sites (tertiary alicyclic amines) is 1. The molecular formula is C33H52F3N5O6. The Bertz CT molecular complexity index is 1210. The van der Waals surface area contributed by atoms with E-state index in [1.807, 2.05) is 41.5 Å². The summed E-state index contributed by atoms with van der Waals surface area (Å²) in [7, 11) is 1.53. The third-order valence-corrected chi connectivity index (χ3v) is 10.4. The van der Waals surface area contributed by atoms with Crippen LogP contribution in [0.15, 0.2) is 12.7 Å². The number of Topliss-reactive ketones (excluding diaryl/α,β-unsaturated/α-hetero) is 1. The van der Waals surface area contributed by atoms with E-state index in [1.54, 1.807) is 0 Å². The highest BCUT2D eigenvalue weighted by atomic mass is 19.4. The van der Waals surface area contributed by atoms with Crippen LogP contribution in [0.5, 0.6) is 0 Å². The Morgan fingerprint density at radius 3 is 2.17 bits per heavy atom. The van der Waals surface area contributed by atoms with Gasteiger partial charge >= 0.3 is 12.2 Å². The van der Waals surface area contributed by atoms with Gasteiger partial charge in [-0.25, -0.2) is 4.79 Å². The maximum atomic E-state index is 14.5. The standard InChI is InChI=1S/C33H52F3N5O6/c1-9-16-37-27(44)24(42)20(12-15-33(34,35)36)38-26(43)23-22-19(31(22,5)6)17-41(23)28(45)25(32(7)13-10-11-14-32)40-29(46)39-21(18-47-8)30(2,3)4/h9,19-23,25H,1,10-18H2,2-8H3,(H,37,44)(H,38,43)(H2,39,40,46)/t19?,20?,21?,22-,23?,25?/m0/s1. The molecule has 0 spiro atoms. The fourth-order valence-corrected chi connectivity index (χ4v) is 7.23. The minimum Gasteiger partial charge on any atom is -0.383 e. The number of rotatable bonds is 14. The first-order valence-corrected chi connectivity index (χ1v) is 16.3. The Labute approximate surface area is 275 Å². The minimum atomic E-state index is -4.63. The highest BCUT2D eigenvalue weighted by Gasteiger charge is 2.70.